The summed E-state index contributed by atoms with van der Waals surface area (Å²) in [6.45, 7) is 14.4. The molecular formula is C20H31NO. The SMILES string of the molecule is C[C@@H]1[C@@H]2C[C@@H](C/C2=C2\C(=O)N[C@@H]3C[C@H]2C(C)(C)[C@H]3C)C1(C)C. The van der Waals surface area contributed by atoms with Crippen LogP contribution in [0.15, 0.2) is 11.1 Å². The Hall–Kier alpha value is -0.790. The third kappa shape index (κ3) is 1.59. The summed E-state index contributed by atoms with van der Waals surface area (Å²) in [7, 11) is 0. The maximum atomic E-state index is 12.9. The van der Waals surface area contributed by atoms with Gasteiger partial charge >= 0.3 is 0 Å². The molecule has 3 aliphatic carbocycles. The fourth-order valence-electron chi connectivity index (χ4n) is 6.27. The van der Waals surface area contributed by atoms with Gasteiger partial charge < -0.3 is 5.32 Å². The summed E-state index contributed by atoms with van der Waals surface area (Å²) in [6.07, 6.45) is 3.65. The highest BCUT2D eigenvalue weighted by Gasteiger charge is 2.58. The van der Waals surface area contributed by atoms with E-state index in [1.807, 2.05) is 0 Å². The number of piperidine rings is 1. The van der Waals surface area contributed by atoms with Gasteiger partial charge in [0.15, 0.2) is 0 Å². The Balaban J connectivity index is 1.78. The molecule has 4 rings (SSSR count). The predicted octanol–water partition coefficient (Wildman–Crippen LogP) is 4.17. The Morgan fingerprint density at radius 2 is 1.68 bits per heavy atom. The first-order valence-electron chi connectivity index (χ1n) is 9.19. The van der Waals surface area contributed by atoms with Crippen molar-refractivity contribution in [2.24, 2.45) is 40.4 Å². The summed E-state index contributed by atoms with van der Waals surface area (Å²) >= 11 is 0. The van der Waals surface area contributed by atoms with Crippen molar-refractivity contribution < 1.29 is 4.79 Å². The van der Waals surface area contributed by atoms with Crippen LogP contribution >= 0.6 is 0 Å². The predicted molar refractivity (Wildman–Crippen MR) is 89.2 cm³/mol. The molecule has 2 nitrogen and oxygen atoms in total. The van der Waals surface area contributed by atoms with Gasteiger partial charge in [-0.3, -0.25) is 4.79 Å². The van der Waals surface area contributed by atoms with E-state index in [0.717, 1.165) is 12.3 Å². The molecule has 4 bridgehead atoms. The number of carbonyl (C=O) groups is 1. The Bertz CT molecular complexity index is 566. The molecule has 6 atom stereocenters. The van der Waals surface area contributed by atoms with Crippen LogP contribution in [0.25, 0.3) is 0 Å². The summed E-state index contributed by atoms with van der Waals surface area (Å²) in [5.74, 6) is 3.47. The van der Waals surface area contributed by atoms with Crippen molar-refractivity contribution in [1.82, 2.24) is 5.32 Å². The number of hydrogen-bond donors (Lipinski definition) is 1. The highest BCUT2D eigenvalue weighted by molar-refractivity contribution is 5.96. The maximum absolute atomic E-state index is 12.9. The second-order valence-electron chi connectivity index (χ2n) is 9.77. The quantitative estimate of drug-likeness (QED) is 0.669. The molecule has 4 aliphatic rings. The van der Waals surface area contributed by atoms with Gasteiger partial charge in [0.2, 0.25) is 5.91 Å². The van der Waals surface area contributed by atoms with E-state index in [1.54, 1.807) is 5.57 Å². The van der Waals surface area contributed by atoms with Gasteiger partial charge in [0.05, 0.1) is 0 Å². The average Bonchev–Trinajstić information content (AvgIpc) is 3.01. The van der Waals surface area contributed by atoms with E-state index in [2.05, 4.69) is 46.9 Å². The summed E-state index contributed by atoms with van der Waals surface area (Å²) in [6, 6.07) is 0.393. The maximum Gasteiger partial charge on any atom is 0.247 e. The van der Waals surface area contributed by atoms with E-state index < -0.39 is 0 Å². The number of carbonyl (C=O) groups excluding carboxylic acids is 1. The molecular weight excluding hydrogens is 270 g/mol. The molecule has 0 radical (unpaired) electrons. The van der Waals surface area contributed by atoms with Gasteiger partial charge in [0, 0.05) is 11.6 Å². The molecule has 0 unspecified atom stereocenters. The molecule has 0 aromatic rings. The monoisotopic (exact) mass is 301 g/mol. The summed E-state index contributed by atoms with van der Waals surface area (Å²) < 4.78 is 0. The normalized spacial score (nSPS) is 51.3. The zero-order valence-corrected chi connectivity index (χ0v) is 15.0. The van der Waals surface area contributed by atoms with Gasteiger partial charge in [-0.2, -0.15) is 0 Å². The first kappa shape index (κ1) is 14.8. The zero-order chi connectivity index (χ0) is 16.0. The molecule has 0 aromatic heterocycles. The number of amides is 1. The summed E-state index contributed by atoms with van der Waals surface area (Å²) in [5.41, 5.74) is 3.44. The second-order valence-corrected chi connectivity index (χ2v) is 9.77. The number of rotatable bonds is 0. The topological polar surface area (TPSA) is 29.1 Å². The third-order valence-electron chi connectivity index (χ3n) is 8.70. The highest BCUT2D eigenvalue weighted by Crippen LogP contribution is 2.64. The fourth-order valence-corrected chi connectivity index (χ4v) is 6.27. The smallest absolute Gasteiger partial charge is 0.247 e. The molecule has 22 heavy (non-hydrogen) atoms. The van der Waals surface area contributed by atoms with Crippen LogP contribution in [0.5, 0.6) is 0 Å². The van der Waals surface area contributed by atoms with Gasteiger partial charge in [-0.15, -0.1) is 0 Å². The fraction of sp³-hybridized carbons (Fsp3) is 0.850. The van der Waals surface area contributed by atoms with Crippen molar-refractivity contribution in [2.75, 3.05) is 0 Å². The molecule has 1 saturated heterocycles. The lowest BCUT2D eigenvalue weighted by Crippen LogP contribution is -2.42. The Morgan fingerprint density at radius 1 is 1.00 bits per heavy atom. The lowest BCUT2D eigenvalue weighted by Gasteiger charge is -2.40. The van der Waals surface area contributed by atoms with Gasteiger partial charge in [0.25, 0.3) is 0 Å². The molecule has 1 aliphatic heterocycles. The van der Waals surface area contributed by atoms with Gasteiger partial charge in [-0.1, -0.05) is 47.1 Å². The highest BCUT2D eigenvalue weighted by atomic mass is 16.1. The van der Waals surface area contributed by atoms with E-state index in [0.29, 0.717) is 35.1 Å². The van der Waals surface area contributed by atoms with Gasteiger partial charge in [-0.05, 0) is 59.7 Å². The van der Waals surface area contributed by atoms with Crippen molar-refractivity contribution in [3.63, 3.8) is 0 Å². The van der Waals surface area contributed by atoms with Crippen LogP contribution in [-0.2, 0) is 4.79 Å². The van der Waals surface area contributed by atoms with E-state index >= 15 is 0 Å². The molecule has 1 heterocycles. The number of hydrogen-bond acceptors (Lipinski definition) is 1. The van der Waals surface area contributed by atoms with Crippen LogP contribution in [-0.4, -0.2) is 11.9 Å². The lowest BCUT2D eigenvalue weighted by atomic mass is 9.65. The standard InChI is InChI=1S/C20H31NO/c1-10-13-7-12(19(10,3)4)8-14(13)17-15-9-16(21-18(17)22)11(2)20(15,5)6/h10-13,15-16H,7-9H2,1-6H3,(H,21,22)/b17-14+/t10-,11+,12+,13+,15-,16-/m1/s1. The summed E-state index contributed by atoms with van der Waals surface area (Å²) in [5, 5.41) is 3.34. The third-order valence-corrected chi connectivity index (χ3v) is 8.70. The Morgan fingerprint density at radius 3 is 2.27 bits per heavy atom. The average molecular weight is 301 g/mol. The summed E-state index contributed by atoms with van der Waals surface area (Å²) in [4.78, 5) is 12.9. The zero-order valence-electron chi connectivity index (χ0n) is 15.0. The van der Waals surface area contributed by atoms with Crippen LogP contribution in [0, 0.1) is 40.4 Å². The molecule has 122 valence electrons. The minimum atomic E-state index is 0.243. The van der Waals surface area contributed by atoms with Gasteiger partial charge in [0.1, 0.15) is 0 Å². The van der Waals surface area contributed by atoms with Crippen LogP contribution in [0.4, 0.5) is 0 Å². The first-order valence-corrected chi connectivity index (χ1v) is 9.19. The minimum absolute atomic E-state index is 0.243. The molecule has 1 amide bonds. The number of allylic oxidation sites excluding steroid dienone is 1. The van der Waals surface area contributed by atoms with Crippen molar-refractivity contribution in [3.8, 4) is 0 Å². The number of fused-ring (bicyclic) bond motifs is 4. The molecule has 3 saturated carbocycles. The van der Waals surface area contributed by atoms with Crippen LogP contribution in [0.3, 0.4) is 0 Å². The largest absolute Gasteiger partial charge is 0.349 e. The van der Waals surface area contributed by atoms with Crippen molar-refractivity contribution in [2.45, 2.75) is 66.8 Å². The first-order chi connectivity index (χ1) is 10.2. The molecule has 0 spiro atoms. The van der Waals surface area contributed by atoms with E-state index in [-0.39, 0.29) is 11.3 Å². The molecule has 0 aromatic carbocycles. The lowest BCUT2D eigenvalue weighted by molar-refractivity contribution is -0.119. The van der Waals surface area contributed by atoms with E-state index in [9.17, 15) is 4.79 Å². The second kappa shape index (κ2) is 4.19. The molecule has 2 heteroatoms. The Kier molecular flexibility index (Phi) is 2.81. The van der Waals surface area contributed by atoms with Crippen LogP contribution in [0.2, 0.25) is 0 Å². The van der Waals surface area contributed by atoms with E-state index in [4.69, 9.17) is 0 Å². The number of nitrogens with one attached hydrogen (secondary N) is 1. The van der Waals surface area contributed by atoms with E-state index in [1.165, 1.54) is 18.4 Å². The minimum Gasteiger partial charge on any atom is -0.349 e. The van der Waals surface area contributed by atoms with Gasteiger partial charge in [-0.25, -0.2) is 0 Å². The van der Waals surface area contributed by atoms with Crippen molar-refractivity contribution in [3.05, 3.63) is 11.1 Å². The van der Waals surface area contributed by atoms with Crippen molar-refractivity contribution in [1.29, 1.82) is 0 Å². The molecule has 1 N–H and O–H groups in total. The molecule has 4 fully saturated rings. The van der Waals surface area contributed by atoms with Crippen LogP contribution < -0.4 is 5.32 Å². The Labute approximate surface area is 135 Å². The van der Waals surface area contributed by atoms with Crippen molar-refractivity contribution >= 4 is 5.91 Å². The van der Waals surface area contributed by atoms with Crippen LogP contribution in [0.1, 0.15) is 60.8 Å².